The van der Waals surface area contributed by atoms with Crippen LogP contribution in [-0.2, 0) is 20.7 Å². The number of nitrogens with zero attached hydrogens (tertiary/aromatic N) is 1. The molecule has 10 heteroatoms. The van der Waals surface area contributed by atoms with Gasteiger partial charge in [0, 0.05) is 10.9 Å². The summed E-state index contributed by atoms with van der Waals surface area (Å²) in [6.07, 6.45) is 0.475. The van der Waals surface area contributed by atoms with E-state index in [2.05, 4.69) is 5.32 Å². The van der Waals surface area contributed by atoms with Crippen LogP contribution in [0.5, 0.6) is 5.75 Å². The second kappa shape index (κ2) is 11.0. The Morgan fingerprint density at radius 2 is 1.92 bits per heavy atom. The molecule has 1 aromatic heterocycles. The SMILES string of the molecule is CCOC(=O)c1sc2c(c1C)C(=O)N(C(C)(C)C(=O)NC(C)C)C(=O)C2CCc1cc(F)ccc1OC. The van der Waals surface area contributed by atoms with Gasteiger partial charge in [-0.2, -0.15) is 0 Å². The van der Waals surface area contributed by atoms with E-state index >= 15 is 0 Å². The number of imide groups is 1. The molecule has 0 aliphatic carbocycles. The first-order chi connectivity index (χ1) is 17.3. The second-order valence-electron chi connectivity index (χ2n) is 9.73. The van der Waals surface area contributed by atoms with Gasteiger partial charge in [-0.3, -0.25) is 19.3 Å². The number of rotatable bonds is 9. The van der Waals surface area contributed by atoms with E-state index in [1.54, 1.807) is 27.7 Å². The normalized spacial score (nSPS) is 15.6. The Bertz CT molecular complexity index is 1240. The fraction of sp³-hybridized carbons (Fsp3) is 0.481. The molecule has 37 heavy (non-hydrogen) atoms. The number of methoxy groups -OCH3 is 1. The number of fused-ring (bicyclic) bond motifs is 1. The minimum absolute atomic E-state index is 0.158. The summed E-state index contributed by atoms with van der Waals surface area (Å²) in [6.45, 7) is 10.1. The number of carbonyl (C=O) groups is 4. The average Bonchev–Trinajstić information content (AvgIpc) is 3.16. The van der Waals surface area contributed by atoms with E-state index in [1.807, 2.05) is 0 Å². The van der Waals surface area contributed by atoms with Crippen LogP contribution in [0.4, 0.5) is 4.39 Å². The average molecular weight is 533 g/mol. The summed E-state index contributed by atoms with van der Waals surface area (Å²) in [6, 6.07) is 3.95. The van der Waals surface area contributed by atoms with Gasteiger partial charge in [0.2, 0.25) is 11.8 Å². The number of esters is 1. The van der Waals surface area contributed by atoms with Gasteiger partial charge < -0.3 is 14.8 Å². The molecule has 1 aliphatic heterocycles. The zero-order chi connectivity index (χ0) is 27.7. The highest BCUT2D eigenvalue weighted by atomic mass is 32.1. The van der Waals surface area contributed by atoms with Crippen molar-refractivity contribution >= 4 is 35.0 Å². The Labute approximate surface area is 220 Å². The van der Waals surface area contributed by atoms with E-state index in [-0.39, 0.29) is 35.9 Å². The number of hydrogen-bond acceptors (Lipinski definition) is 7. The van der Waals surface area contributed by atoms with Crippen molar-refractivity contribution in [2.45, 2.75) is 71.9 Å². The minimum atomic E-state index is -1.50. The summed E-state index contributed by atoms with van der Waals surface area (Å²) >= 11 is 1.06. The van der Waals surface area contributed by atoms with Crippen LogP contribution < -0.4 is 10.1 Å². The van der Waals surface area contributed by atoms with Crippen molar-refractivity contribution in [1.82, 2.24) is 10.2 Å². The lowest BCUT2D eigenvalue weighted by atomic mass is 9.86. The molecule has 3 amide bonds. The maximum atomic E-state index is 14.0. The molecule has 1 aromatic carbocycles. The lowest BCUT2D eigenvalue weighted by molar-refractivity contribution is -0.144. The highest BCUT2D eigenvalue weighted by Crippen LogP contribution is 2.43. The number of carbonyl (C=O) groups excluding carboxylic acids is 4. The van der Waals surface area contributed by atoms with E-state index in [1.165, 1.54) is 39.2 Å². The van der Waals surface area contributed by atoms with Crippen LogP contribution in [0.25, 0.3) is 0 Å². The Morgan fingerprint density at radius 3 is 2.51 bits per heavy atom. The molecule has 0 saturated carbocycles. The molecule has 0 fully saturated rings. The summed E-state index contributed by atoms with van der Waals surface area (Å²) in [5.74, 6) is -3.03. The van der Waals surface area contributed by atoms with Gasteiger partial charge in [-0.25, -0.2) is 9.18 Å². The maximum Gasteiger partial charge on any atom is 0.348 e. The Balaban J connectivity index is 2.11. The summed E-state index contributed by atoms with van der Waals surface area (Å²) in [4.78, 5) is 55.1. The van der Waals surface area contributed by atoms with Crippen LogP contribution in [0.15, 0.2) is 18.2 Å². The standard InChI is InChI=1S/C27H33FN2O6S/c1-8-36-25(33)21-15(4)20-22(37-21)18(11-9-16-13-17(28)10-12-19(16)35-7)23(31)30(24(20)32)27(5,6)26(34)29-14(2)3/h10,12-14,18H,8-9,11H2,1-7H3,(H,29,34). The van der Waals surface area contributed by atoms with Crippen LogP contribution in [0.3, 0.4) is 0 Å². The molecule has 0 spiro atoms. The molecule has 3 rings (SSSR count). The Morgan fingerprint density at radius 1 is 1.24 bits per heavy atom. The molecule has 1 N–H and O–H groups in total. The molecule has 0 bridgehead atoms. The van der Waals surface area contributed by atoms with Gasteiger partial charge in [0.15, 0.2) is 0 Å². The Kier molecular flexibility index (Phi) is 8.42. The number of ether oxygens (including phenoxy) is 2. The number of amides is 3. The zero-order valence-electron chi connectivity index (χ0n) is 22.2. The van der Waals surface area contributed by atoms with Gasteiger partial charge in [0.1, 0.15) is 22.0 Å². The molecule has 1 aliphatic rings. The fourth-order valence-corrected chi connectivity index (χ4v) is 5.81. The van der Waals surface area contributed by atoms with Crippen LogP contribution in [0, 0.1) is 12.7 Å². The molecule has 8 nitrogen and oxygen atoms in total. The highest BCUT2D eigenvalue weighted by molar-refractivity contribution is 7.14. The van der Waals surface area contributed by atoms with Crippen molar-refractivity contribution in [2.75, 3.05) is 13.7 Å². The van der Waals surface area contributed by atoms with Crippen molar-refractivity contribution in [3.8, 4) is 5.75 Å². The number of benzene rings is 1. The third-order valence-electron chi connectivity index (χ3n) is 6.37. The molecule has 0 radical (unpaired) electrons. The minimum Gasteiger partial charge on any atom is -0.496 e. The van der Waals surface area contributed by atoms with Crippen LogP contribution in [0.1, 0.15) is 83.0 Å². The highest BCUT2D eigenvalue weighted by Gasteiger charge is 2.50. The lowest BCUT2D eigenvalue weighted by Crippen LogP contribution is -2.62. The first-order valence-corrected chi connectivity index (χ1v) is 13.0. The van der Waals surface area contributed by atoms with E-state index < -0.39 is 41.0 Å². The second-order valence-corrected chi connectivity index (χ2v) is 10.8. The monoisotopic (exact) mass is 532 g/mol. The smallest absolute Gasteiger partial charge is 0.348 e. The quantitative estimate of drug-likeness (QED) is 0.380. The molecule has 1 unspecified atom stereocenters. The summed E-state index contributed by atoms with van der Waals surface area (Å²) in [7, 11) is 1.48. The van der Waals surface area contributed by atoms with Crippen LogP contribution in [-0.4, -0.2) is 53.9 Å². The summed E-state index contributed by atoms with van der Waals surface area (Å²) in [5, 5.41) is 2.78. The number of nitrogens with one attached hydrogen (secondary N) is 1. The summed E-state index contributed by atoms with van der Waals surface area (Å²) < 4.78 is 24.5. The van der Waals surface area contributed by atoms with Crippen molar-refractivity contribution in [3.05, 3.63) is 50.5 Å². The number of thiophene rings is 1. The molecular weight excluding hydrogens is 499 g/mol. The third-order valence-corrected chi connectivity index (χ3v) is 7.75. The van der Waals surface area contributed by atoms with Crippen LogP contribution in [0.2, 0.25) is 0 Å². The van der Waals surface area contributed by atoms with E-state index in [9.17, 15) is 23.6 Å². The predicted molar refractivity (Wildman–Crippen MR) is 138 cm³/mol. The lowest BCUT2D eigenvalue weighted by Gasteiger charge is -2.41. The predicted octanol–water partition coefficient (Wildman–Crippen LogP) is 4.38. The van der Waals surface area contributed by atoms with E-state index in [0.29, 0.717) is 21.8 Å². The van der Waals surface area contributed by atoms with Crippen molar-refractivity contribution in [3.63, 3.8) is 0 Å². The molecule has 1 atom stereocenters. The first-order valence-electron chi connectivity index (χ1n) is 12.2. The Hall–Kier alpha value is -3.27. The first kappa shape index (κ1) is 28.3. The van der Waals surface area contributed by atoms with Gasteiger partial charge in [-0.1, -0.05) is 0 Å². The summed E-state index contributed by atoms with van der Waals surface area (Å²) in [5.41, 5.74) is -0.289. The van der Waals surface area contributed by atoms with Crippen molar-refractivity contribution in [1.29, 1.82) is 0 Å². The van der Waals surface area contributed by atoms with Gasteiger partial charge >= 0.3 is 5.97 Å². The third kappa shape index (κ3) is 5.39. The molecule has 200 valence electrons. The van der Waals surface area contributed by atoms with Crippen molar-refractivity contribution < 1.29 is 33.0 Å². The topological polar surface area (TPSA) is 102 Å². The van der Waals surface area contributed by atoms with Crippen LogP contribution >= 0.6 is 11.3 Å². The maximum absolute atomic E-state index is 14.0. The fourth-order valence-electron chi connectivity index (χ4n) is 4.48. The van der Waals surface area contributed by atoms with E-state index in [4.69, 9.17) is 9.47 Å². The number of hydrogen-bond donors (Lipinski definition) is 1. The van der Waals surface area contributed by atoms with Gasteiger partial charge in [-0.05, 0) is 83.7 Å². The molecule has 0 saturated heterocycles. The molecule has 2 heterocycles. The zero-order valence-corrected chi connectivity index (χ0v) is 23.0. The number of halogens is 1. The van der Waals surface area contributed by atoms with Gasteiger partial charge in [0.05, 0.1) is 25.2 Å². The van der Waals surface area contributed by atoms with E-state index in [0.717, 1.165) is 16.2 Å². The van der Waals surface area contributed by atoms with Gasteiger partial charge in [-0.15, -0.1) is 11.3 Å². The van der Waals surface area contributed by atoms with Gasteiger partial charge in [0.25, 0.3) is 5.91 Å². The number of aryl methyl sites for hydroxylation is 1. The molecular formula is C27H33FN2O6S. The molecule has 2 aromatic rings. The van der Waals surface area contributed by atoms with Crippen molar-refractivity contribution in [2.24, 2.45) is 0 Å². The largest absolute Gasteiger partial charge is 0.496 e.